The topological polar surface area (TPSA) is 92.3 Å². The molecule has 0 N–H and O–H groups in total. The molecule has 4 rings (SSSR count). The SMILES string of the molecule is CCN(c1ccccc1)S(=O)(=O)c1ccc(C(=O)N(CCCN(C)C)c2nc3cc(OC)c(OC)cc3s2)cc1. The van der Waals surface area contributed by atoms with E-state index in [1.54, 1.807) is 68.5 Å². The van der Waals surface area contributed by atoms with Gasteiger partial charge in [-0.3, -0.25) is 14.0 Å². The Morgan fingerprint density at radius 2 is 1.57 bits per heavy atom. The van der Waals surface area contributed by atoms with Gasteiger partial charge in [0.2, 0.25) is 0 Å². The predicted octanol–water partition coefficient (Wildman–Crippen LogP) is 5.13. The van der Waals surface area contributed by atoms with Crippen LogP contribution in [0.25, 0.3) is 10.2 Å². The summed E-state index contributed by atoms with van der Waals surface area (Å²) >= 11 is 1.39. The largest absolute Gasteiger partial charge is 0.493 e. The molecule has 0 radical (unpaired) electrons. The molecule has 1 heterocycles. The second-order valence-corrected chi connectivity index (χ2v) is 12.2. The number of aromatic nitrogens is 1. The lowest BCUT2D eigenvalue weighted by Crippen LogP contribution is -2.33. The maximum absolute atomic E-state index is 13.8. The zero-order valence-electron chi connectivity index (χ0n) is 23.3. The van der Waals surface area contributed by atoms with Gasteiger partial charge in [-0.2, -0.15) is 0 Å². The van der Waals surface area contributed by atoms with Gasteiger partial charge in [0, 0.05) is 30.8 Å². The molecule has 0 aliphatic carbocycles. The van der Waals surface area contributed by atoms with E-state index >= 15 is 0 Å². The smallest absolute Gasteiger partial charge is 0.264 e. The van der Waals surface area contributed by atoms with Crippen LogP contribution in [-0.2, 0) is 10.0 Å². The molecule has 0 saturated carbocycles. The molecular weight excluding hydrogens is 548 g/mol. The fourth-order valence-corrected chi connectivity index (χ4v) is 6.80. The summed E-state index contributed by atoms with van der Waals surface area (Å²) in [6.45, 7) is 3.31. The Morgan fingerprint density at radius 1 is 0.925 bits per heavy atom. The van der Waals surface area contributed by atoms with Crippen molar-refractivity contribution in [2.45, 2.75) is 18.2 Å². The van der Waals surface area contributed by atoms with Crippen molar-refractivity contribution in [3.05, 3.63) is 72.3 Å². The highest BCUT2D eigenvalue weighted by molar-refractivity contribution is 7.92. The van der Waals surface area contributed by atoms with Crippen molar-refractivity contribution >= 4 is 48.3 Å². The molecule has 0 unspecified atom stereocenters. The fraction of sp³-hybridized carbons (Fsp3) is 0.310. The van der Waals surface area contributed by atoms with Crippen molar-refractivity contribution in [1.29, 1.82) is 0 Å². The first-order valence-corrected chi connectivity index (χ1v) is 15.1. The molecule has 4 aromatic rings. The van der Waals surface area contributed by atoms with E-state index in [0.717, 1.165) is 17.7 Å². The van der Waals surface area contributed by atoms with E-state index in [0.29, 0.717) is 39.9 Å². The molecule has 11 heteroatoms. The van der Waals surface area contributed by atoms with Gasteiger partial charge in [0.25, 0.3) is 15.9 Å². The number of amides is 1. The standard InChI is InChI=1S/C29H34N4O5S2/c1-6-33(22-11-8-7-9-12-22)40(35,36)23-15-13-21(14-16-23)28(34)32(18-10-17-31(2)3)29-30-24-19-25(37-4)26(38-5)20-27(24)39-29/h7-9,11-16,19-20H,6,10,17-18H2,1-5H3. The van der Waals surface area contributed by atoms with Gasteiger partial charge in [-0.05, 0) is 70.4 Å². The van der Waals surface area contributed by atoms with Crippen molar-refractivity contribution in [3.63, 3.8) is 0 Å². The normalized spacial score (nSPS) is 11.6. The molecular formula is C29H34N4O5S2. The summed E-state index contributed by atoms with van der Waals surface area (Å²) in [4.78, 5) is 22.4. The van der Waals surface area contributed by atoms with Crippen LogP contribution >= 0.6 is 11.3 Å². The van der Waals surface area contributed by atoms with E-state index in [2.05, 4.69) is 4.90 Å². The second-order valence-electron chi connectivity index (χ2n) is 9.31. The Morgan fingerprint density at radius 3 is 2.17 bits per heavy atom. The van der Waals surface area contributed by atoms with Gasteiger partial charge in [-0.15, -0.1) is 0 Å². The monoisotopic (exact) mass is 582 g/mol. The molecule has 0 aliphatic heterocycles. The minimum Gasteiger partial charge on any atom is -0.493 e. The van der Waals surface area contributed by atoms with Crippen molar-refractivity contribution < 1.29 is 22.7 Å². The van der Waals surface area contributed by atoms with E-state index in [-0.39, 0.29) is 17.3 Å². The van der Waals surface area contributed by atoms with Crippen LogP contribution in [0.2, 0.25) is 0 Å². The Hall–Kier alpha value is -3.67. The van der Waals surface area contributed by atoms with E-state index in [4.69, 9.17) is 14.5 Å². The highest BCUT2D eigenvalue weighted by Crippen LogP contribution is 2.37. The van der Waals surface area contributed by atoms with Gasteiger partial charge in [-0.1, -0.05) is 29.5 Å². The zero-order valence-corrected chi connectivity index (χ0v) is 25.0. The van der Waals surface area contributed by atoms with E-state index in [9.17, 15) is 13.2 Å². The van der Waals surface area contributed by atoms with Crippen LogP contribution in [0, 0.1) is 0 Å². The van der Waals surface area contributed by atoms with Crippen LogP contribution in [0.15, 0.2) is 71.6 Å². The number of carbonyl (C=O) groups excluding carboxylic acids is 1. The molecule has 40 heavy (non-hydrogen) atoms. The first kappa shape index (κ1) is 29.3. The third-order valence-corrected chi connectivity index (χ3v) is 9.32. The number of para-hydroxylation sites is 1. The number of benzene rings is 3. The Labute approximate surface area is 239 Å². The van der Waals surface area contributed by atoms with Gasteiger partial charge in [-0.25, -0.2) is 13.4 Å². The van der Waals surface area contributed by atoms with Gasteiger partial charge in [0.15, 0.2) is 16.6 Å². The molecule has 212 valence electrons. The predicted molar refractivity (Wildman–Crippen MR) is 161 cm³/mol. The number of thiazole rings is 1. The number of hydrogen-bond donors (Lipinski definition) is 0. The molecule has 0 saturated heterocycles. The number of hydrogen-bond acceptors (Lipinski definition) is 8. The van der Waals surface area contributed by atoms with Crippen LogP contribution in [0.1, 0.15) is 23.7 Å². The van der Waals surface area contributed by atoms with Crippen molar-refractivity contribution in [3.8, 4) is 11.5 Å². The molecule has 0 atom stereocenters. The van der Waals surface area contributed by atoms with Crippen LogP contribution in [-0.4, -0.2) is 72.2 Å². The van der Waals surface area contributed by atoms with Gasteiger partial charge in [0.05, 0.1) is 35.0 Å². The molecule has 0 spiro atoms. The summed E-state index contributed by atoms with van der Waals surface area (Å²) in [7, 11) is 3.30. The molecule has 1 aromatic heterocycles. The van der Waals surface area contributed by atoms with E-state index < -0.39 is 10.0 Å². The quantitative estimate of drug-likeness (QED) is 0.229. The van der Waals surface area contributed by atoms with Crippen LogP contribution in [0.5, 0.6) is 11.5 Å². The number of methoxy groups -OCH3 is 2. The summed E-state index contributed by atoms with van der Waals surface area (Å²) in [5, 5.41) is 0.548. The average Bonchev–Trinajstić information content (AvgIpc) is 3.37. The highest BCUT2D eigenvalue weighted by Gasteiger charge is 2.26. The zero-order chi connectivity index (χ0) is 28.9. The van der Waals surface area contributed by atoms with Crippen LogP contribution in [0.4, 0.5) is 10.8 Å². The second kappa shape index (κ2) is 12.7. The van der Waals surface area contributed by atoms with Crippen molar-refractivity contribution in [2.75, 3.05) is 57.2 Å². The first-order chi connectivity index (χ1) is 19.2. The Kier molecular flexibility index (Phi) is 9.28. The van der Waals surface area contributed by atoms with E-state index in [1.165, 1.54) is 27.8 Å². The van der Waals surface area contributed by atoms with Crippen molar-refractivity contribution in [1.82, 2.24) is 9.88 Å². The number of rotatable bonds is 12. The maximum atomic E-state index is 13.8. The van der Waals surface area contributed by atoms with Gasteiger partial charge < -0.3 is 14.4 Å². The molecule has 3 aromatic carbocycles. The lowest BCUT2D eigenvalue weighted by molar-refractivity contribution is 0.0986. The summed E-state index contributed by atoms with van der Waals surface area (Å²) < 4.78 is 39.9. The third-order valence-electron chi connectivity index (χ3n) is 6.37. The number of nitrogens with zero attached hydrogens (tertiary/aromatic N) is 4. The van der Waals surface area contributed by atoms with E-state index in [1.807, 2.05) is 26.2 Å². The highest BCUT2D eigenvalue weighted by atomic mass is 32.2. The summed E-state index contributed by atoms with van der Waals surface area (Å²) in [6.07, 6.45) is 0.732. The number of carbonyl (C=O) groups is 1. The minimum absolute atomic E-state index is 0.119. The first-order valence-electron chi connectivity index (χ1n) is 12.9. The summed E-state index contributed by atoms with van der Waals surface area (Å²) in [6, 6.07) is 18.7. The van der Waals surface area contributed by atoms with Gasteiger partial charge >= 0.3 is 0 Å². The Bertz CT molecular complexity index is 1510. The fourth-order valence-electron chi connectivity index (χ4n) is 4.33. The maximum Gasteiger partial charge on any atom is 0.264 e. The molecule has 0 bridgehead atoms. The van der Waals surface area contributed by atoms with Crippen LogP contribution < -0.4 is 18.7 Å². The lowest BCUT2D eigenvalue weighted by Gasteiger charge is -2.23. The lowest BCUT2D eigenvalue weighted by atomic mass is 10.2. The number of anilines is 2. The third kappa shape index (κ3) is 6.22. The average molecular weight is 583 g/mol. The number of sulfonamides is 1. The molecule has 0 fully saturated rings. The molecule has 0 aliphatic rings. The molecule has 1 amide bonds. The summed E-state index contributed by atoms with van der Waals surface area (Å²) in [5.74, 6) is 0.894. The number of fused-ring (bicyclic) bond motifs is 1. The Balaban J connectivity index is 1.66. The minimum atomic E-state index is -3.80. The van der Waals surface area contributed by atoms with Crippen molar-refractivity contribution in [2.24, 2.45) is 0 Å². The number of ether oxygens (including phenoxy) is 2. The van der Waals surface area contributed by atoms with Gasteiger partial charge in [0.1, 0.15) is 0 Å². The van der Waals surface area contributed by atoms with Crippen LogP contribution in [0.3, 0.4) is 0 Å². The molecule has 9 nitrogen and oxygen atoms in total. The summed E-state index contributed by atoms with van der Waals surface area (Å²) in [5.41, 5.74) is 1.66.